The zero-order valence-corrected chi connectivity index (χ0v) is 19.1. The number of allylic oxidation sites excluding steroid dienone is 1. The molecule has 1 aromatic heterocycles. The molecule has 2 rings (SSSR count). The third-order valence-corrected chi connectivity index (χ3v) is 4.31. The molecule has 1 heterocycles. The van der Waals surface area contributed by atoms with Gasteiger partial charge in [0.25, 0.3) is 0 Å². The summed E-state index contributed by atoms with van der Waals surface area (Å²) >= 11 is 0. The summed E-state index contributed by atoms with van der Waals surface area (Å²) in [6.45, 7) is 8.95. The van der Waals surface area contributed by atoms with Crippen LogP contribution in [0.2, 0.25) is 0 Å². The molecule has 0 aliphatic carbocycles. The molecule has 2 aromatic rings. The molecule has 0 aliphatic heterocycles. The van der Waals surface area contributed by atoms with E-state index in [0.717, 1.165) is 5.69 Å². The average Bonchev–Trinajstić information content (AvgIpc) is 3.38. The van der Waals surface area contributed by atoms with E-state index in [2.05, 4.69) is 44.0 Å². The number of aromatic nitrogens is 2. The zero-order valence-electron chi connectivity index (χ0n) is 19.1. The fraction of sp³-hybridized carbons (Fsp3) is 0.208. The second-order valence-electron chi connectivity index (χ2n) is 6.63. The van der Waals surface area contributed by atoms with E-state index < -0.39 is 5.97 Å². The van der Waals surface area contributed by atoms with E-state index in [1.807, 2.05) is 13.1 Å². The Balaban J connectivity index is 2.45. The van der Waals surface area contributed by atoms with Crippen LogP contribution in [0.25, 0.3) is 11.4 Å². The third kappa shape index (κ3) is 8.08. The maximum Gasteiger partial charge on any atom is 0.341 e. The number of nitrogens with one attached hydrogen (secondary N) is 2. The van der Waals surface area contributed by atoms with Crippen molar-refractivity contribution in [1.82, 2.24) is 20.4 Å². The molecule has 0 unspecified atom stereocenters. The van der Waals surface area contributed by atoms with E-state index in [-0.39, 0.29) is 23.7 Å². The van der Waals surface area contributed by atoms with Crippen molar-refractivity contribution in [2.24, 2.45) is 15.0 Å². The maximum atomic E-state index is 12.3. The number of carboxylic acids is 1. The number of rotatable bonds is 14. The van der Waals surface area contributed by atoms with E-state index in [1.165, 1.54) is 24.7 Å². The third-order valence-electron chi connectivity index (χ3n) is 4.31. The highest BCUT2D eigenvalue weighted by Gasteiger charge is 2.21. The van der Waals surface area contributed by atoms with Crippen molar-refractivity contribution in [1.29, 1.82) is 0 Å². The summed E-state index contributed by atoms with van der Waals surface area (Å²) in [6.07, 6.45) is 9.40. The first-order chi connectivity index (χ1) is 16.6. The molecule has 0 radical (unpaired) electrons. The molecule has 0 saturated heterocycles. The van der Waals surface area contributed by atoms with Gasteiger partial charge in [-0.25, -0.2) is 9.48 Å². The molecule has 3 N–H and O–H groups in total. The van der Waals surface area contributed by atoms with Gasteiger partial charge in [0.15, 0.2) is 0 Å². The van der Waals surface area contributed by atoms with Gasteiger partial charge in [0.1, 0.15) is 11.4 Å². The van der Waals surface area contributed by atoms with E-state index in [4.69, 9.17) is 4.74 Å². The van der Waals surface area contributed by atoms with Gasteiger partial charge in [0.2, 0.25) is 0 Å². The summed E-state index contributed by atoms with van der Waals surface area (Å²) in [7, 11) is 1.83. The Bertz CT molecular complexity index is 1070. The molecule has 178 valence electrons. The van der Waals surface area contributed by atoms with Crippen molar-refractivity contribution in [3.63, 3.8) is 0 Å². The van der Waals surface area contributed by atoms with Gasteiger partial charge in [0.05, 0.1) is 31.1 Å². The monoisotopic (exact) mass is 463 g/mol. The SMILES string of the molecule is C=CC=N/C=C\NC(=NCCOCCNC)/C(C(=O)O)=C(\N=C)c1cccc(-n2cccn2)c1. The predicted molar refractivity (Wildman–Crippen MR) is 136 cm³/mol. The Hall–Kier alpha value is -4.15. The highest BCUT2D eigenvalue weighted by Crippen LogP contribution is 2.23. The largest absolute Gasteiger partial charge is 0.477 e. The molecule has 0 saturated carbocycles. The Morgan fingerprint density at radius 2 is 2.18 bits per heavy atom. The Labute approximate surface area is 198 Å². The number of hydrogen-bond acceptors (Lipinski definition) is 7. The fourth-order valence-electron chi connectivity index (χ4n) is 2.81. The minimum absolute atomic E-state index is 0.0988. The summed E-state index contributed by atoms with van der Waals surface area (Å²) in [6, 6.07) is 8.98. The first-order valence-electron chi connectivity index (χ1n) is 10.5. The lowest BCUT2D eigenvalue weighted by molar-refractivity contribution is -0.132. The van der Waals surface area contributed by atoms with Crippen LogP contribution in [-0.4, -0.2) is 73.0 Å². The summed E-state index contributed by atoms with van der Waals surface area (Å²) < 4.78 is 7.16. The van der Waals surface area contributed by atoms with Crippen molar-refractivity contribution in [2.45, 2.75) is 0 Å². The maximum absolute atomic E-state index is 12.3. The molecular weight excluding hydrogens is 434 g/mol. The van der Waals surface area contributed by atoms with Crippen molar-refractivity contribution >= 4 is 30.4 Å². The minimum atomic E-state index is -1.21. The van der Waals surface area contributed by atoms with Crippen LogP contribution >= 0.6 is 0 Å². The molecule has 34 heavy (non-hydrogen) atoms. The normalized spacial score (nSPS) is 12.7. The van der Waals surface area contributed by atoms with E-state index in [9.17, 15) is 9.90 Å². The van der Waals surface area contributed by atoms with Gasteiger partial charge in [-0.3, -0.25) is 15.0 Å². The van der Waals surface area contributed by atoms with Crippen molar-refractivity contribution in [3.8, 4) is 5.69 Å². The number of carboxylic acid groups (broad SMARTS) is 1. The van der Waals surface area contributed by atoms with Gasteiger partial charge in [-0.05, 0) is 32.0 Å². The summed E-state index contributed by atoms with van der Waals surface area (Å²) in [5.74, 6) is -1.11. The number of carbonyl (C=O) groups is 1. The molecule has 0 fully saturated rings. The standard InChI is InChI=1S/C24H29N7O3/c1-4-9-27-11-12-28-23(29-14-17-34-16-13-25-2)21(24(32)33)22(26-3)19-7-5-8-20(18-19)31-15-6-10-30-31/h4-12,15,18,25H,1,3,13-14,16-17H2,2H3,(H,28,29)(H,32,33)/b12-11-,22-21+,27-9?. The highest BCUT2D eigenvalue weighted by molar-refractivity contribution is 6.23. The number of aliphatic carboxylic acids is 1. The van der Waals surface area contributed by atoms with Crippen molar-refractivity contribution in [2.75, 3.05) is 33.4 Å². The van der Waals surface area contributed by atoms with Crippen LogP contribution < -0.4 is 10.6 Å². The molecule has 0 spiro atoms. The lowest BCUT2D eigenvalue weighted by atomic mass is 10.0. The first kappa shape index (κ1) is 26.1. The van der Waals surface area contributed by atoms with E-state index >= 15 is 0 Å². The number of ether oxygens (including phenoxy) is 1. The molecule has 10 heteroatoms. The summed E-state index contributed by atoms with van der Waals surface area (Å²) in [5, 5.41) is 20.2. The summed E-state index contributed by atoms with van der Waals surface area (Å²) in [4.78, 5) is 24.8. The van der Waals surface area contributed by atoms with Crippen LogP contribution in [0.3, 0.4) is 0 Å². The van der Waals surface area contributed by atoms with Crippen molar-refractivity contribution < 1.29 is 14.6 Å². The number of aliphatic imine (C=N–C) groups is 3. The van der Waals surface area contributed by atoms with E-state index in [0.29, 0.717) is 25.3 Å². The smallest absolute Gasteiger partial charge is 0.341 e. The molecular formula is C24H29N7O3. The Morgan fingerprint density at radius 1 is 1.32 bits per heavy atom. The summed E-state index contributed by atoms with van der Waals surface area (Å²) in [5.41, 5.74) is 1.32. The fourth-order valence-corrected chi connectivity index (χ4v) is 2.81. The minimum Gasteiger partial charge on any atom is -0.477 e. The topological polar surface area (TPSA) is 125 Å². The van der Waals surface area contributed by atoms with Gasteiger partial charge in [-0.1, -0.05) is 24.8 Å². The van der Waals surface area contributed by atoms with E-state index in [1.54, 1.807) is 41.3 Å². The second kappa shape index (κ2) is 14.8. The van der Waals surface area contributed by atoms with Crippen LogP contribution in [-0.2, 0) is 9.53 Å². The highest BCUT2D eigenvalue weighted by atomic mass is 16.5. The number of likely N-dealkylation sites (N-methyl/N-ethyl adjacent to an activating group) is 1. The van der Waals surface area contributed by atoms with Gasteiger partial charge < -0.3 is 20.5 Å². The number of benzene rings is 1. The molecule has 0 amide bonds. The molecule has 0 bridgehead atoms. The zero-order chi connectivity index (χ0) is 24.6. The number of nitrogens with zero attached hydrogens (tertiary/aromatic N) is 5. The lowest BCUT2D eigenvalue weighted by Crippen LogP contribution is -2.27. The number of hydrogen-bond donors (Lipinski definition) is 3. The molecule has 0 aliphatic rings. The van der Waals surface area contributed by atoms with Gasteiger partial charge >= 0.3 is 5.97 Å². The Morgan fingerprint density at radius 3 is 2.85 bits per heavy atom. The molecule has 1 aromatic carbocycles. The average molecular weight is 464 g/mol. The predicted octanol–water partition coefficient (Wildman–Crippen LogP) is 2.32. The van der Waals surface area contributed by atoms with Crippen LogP contribution in [0.4, 0.5) is 0 Å². The van der Waals surface area contributed by atoms with Crippen LogP contribution in [0.1, 0.15) is 5.56 Å². The first-order valence-corrected chi connectivity index (χ1v) is 10.5. The Kier molecular flexibility index (Phi) is 11.4. The number of amidine groups is 1. The van der Waals surface area contributed by atoms with Gasteiger partial charge in [-0.15, -0.1) is 0 Å². The molecule has 10 nitrogen and oxygen atoms in total. The molecule has 0 atom stereocenters. The van der Waals surface area contributed by atoms with Gasteiger partial charge in [0, 0.05) is 43.1 Å². The quantitative estimate of drug-likeness (QED) is 0.171. The van der Waals surface area contributed by atoms with Crippen LogP contribution in [0, 0.1) is 0 Å². The lowest BCUT2D eigenvalue weighted by Gasteiger charge is -2.13. The van der Waals surface area contributed by atoms with Crippen LogP contribution in [0.5, 0.6) is 0 Å². The van der Waals surface area contributed by atoms with Crippen molar-refractivity contribution in [3.05, 3.63) is 78.9 Å². The van der Waals surface area contributed by atoms with Crippen LogP contribution in [0.15, 0.2) is 88.3 Å². The van der Waals surface area contributed by atoms with Gasteiger partial charge in [-0.2, -0.15) is 5.10 Å². The second-order valence-corrected chi connectivity index (χ2v) is 6.63.